The predicted molar refractivity (Wildman–Crippen MR) is 48.2 cm³/mol. The van der Waals surface area contributed by atoms with Crippen molar-refractivity contribution in [1.29, 1.82) is 0 Å². The Morgan fingerprint density at radius 1 is 1.20 bits per heavy atom. The van der Waals surface area contributed by atoms with Gasteiger partial charge in [-0.1, -0.05) is 6.08 Å². The van der Waals surface area contributed by atoms with Crippen LogP contribution in [0.1, 0.15) is 5.56 Å². The summed E-state index contributed by atoms with van der Waals surface area (Å²) in [6, 6.07) is 4.80. The number of nitro benzene ring substituents is 1. The van der Waals surface area contributed by atoms with Crippen LogP contribution in [0, 0.1) is 10.1 Å². The molecule has 15 heavy (non-hydrogen) atoms. The number of hydrogen-bond donors (Lipinski definition) is 0. The van der Waals surface area contributed by atoms with Crippen LogP contribution in [-0.4, -0.2) is 11.1 Å². The fraction of sp³-hybridized carbons (Fsp3) is 0.111. The van der Waals surface area contributed by atoms with E-state index in [1.807, 2.05) is 0 Å². The fourth-order valence-corrected chi connectivity index (χ4v) is 0.898. The highest BCUT2D eigenvalue weighted by molar-refractivity contribution is 5.52. The van der Waals surface area contributed by atoms with Gasteiger partial charge in [-0.2, -0.15) is 13.2 Å². The van der Waals surface area contributed by atoms with E-state index in [4.69, 9.17) is 0 Å². The minimum atomic E-state index is -4.37. The summed E-state index contributed by atoms with van der Waals surface area (Å²) in [5.41, 5.74) is 0.108. The minimum absolute atomic E-state index is 0.0775. The van der Waals surface area contributed by atoms with Gasteiger partial charge in [-0.25, -0.2) is 0 Å². The second-order valence-corrected chi connectivity index (χ2v) is 2.72. The number of rotatable bonds is 2. The minimum Gasteiger partial charge on any atom is -0.258 e. The summed E-state index contributed by atoms with van der Waals surface area (Å²) in [6.45, 7) is 0. The predicted octanol–water partition coefficient (Wildman–Crippen LogP) is 3.17. The maximum Gasteiger partial charge on any atom is 0.409 e. The van der Waals surface area contributed by atoms with E-state index >= 15 is 0 Å². The van der Waals surface area contributed by atoms with Gasteiger partial charge in [-0.15, -0.1) is 0 Å². The van der Waals surface area contributed by atoms with Crippen LogP contribution in [0.3, 0.4) is 0 Å². The summed E-state index contributed by atoms with van der Waals surface area (Å²) in [5, 5.41) is 10.2. The fourth-order valence-electron chi connectivity index (χ4n) is 0.898. The molecule has 0 fully saturated rings. The van der Waals surface area contributed by atoms with Crippen molar-refractivity contribution in [3.63, 3.8) is 0 Å². The van der Waals surface area contributed by atoms with Gasteiger partial charge in [0.05, 0.1) is 4.92 Å². The number of nitrogens with zero attached hydrogens (tertiary/aromatic N) is 1. The molecule has 0 unspecified atom stereocenters. The molecule has 0 spiro atoms. The number of benzene rings is 1. The van der Waals surface area contributed by atoms with E-state index < -0.39 is 11.1 Å². The Morgan fingerprint density at radius 3 is 2.13 bits per heavy atom. The monoisotopic (exact) mass is 217 g/mol. The molecule has 0 atom stereocenters. The lowest BCUT2D eigenvalue weighted by atomic mass is 10.2. The van der Waals surface area contributed by atoms with Gasteiger partial charge >= 0.3 is 6.18 Å². The summed E-state index contributed by atoms with van der Waals surface area (Å²) in [6.07, 6.45) is -3.44. The number of hydrogen-bond acceptors (Lipinski definition) is 2. The van der Waals surface area contributed by atoms with Crippen molar-refractivity contribution in [3.05, 3.63) is 46.0 Å². The van der Waals surface area contributed by atoms with Crippen LogP contribution in [0.4, 0.5) is 18.9 Å². The zero-order valence-corrected chi connectivity index (χ0v) is 7.36. The van der Waals surface area contributed by atoms with Crippen LogP contribution in [0.5, 0.6) is 0 Å². The highest BCUT2D eigenvalue weighted by atomic mass is 19.4. The first-order valence-electron chi connectivity index (χ1n) is 3.89. The van der Waals surface area contributed by atoms with E-state index in [1.165, 1.54) is 12.1 Å². The Bertz CT molecular complexity index is 381. The van der Waals surface area contributed by atoms with E-state index in [2.05, 4.69) is 0 Å². The van der Waals surface area contributed by atoms with E-state index in [0.717, 1.165) is 18.2 Å². The molecule has 80 valence electrons. The maximum absolute atomic E-state index is 11.8. The van der Waals surface area contributed by atoms with Crippen LogP contribution >= 0.6 is 0 Å². The van der Waals surface area contributed by atoms with Crippen LogP contribution in [0.25, 0.3) is 6.08 Å². The molecule has 0 saturated carbocycles. The molecule has 0 aliphatic rings. The molecule has 0 saturated heterocycles. The summed E-state index contributed by atoms with van der Waals surface area (Å²) in [7, 11) is 0. The summed E-state index contributed by atoms with van der Waals surface area (Å²) in [5.74, 6) is 0. The average molecular weight is 217 g/mol. The molecule has 6 heteroatoms. The molecule has 0 radical (unpaired) electrons. The standard InChI is InChI=1S/C9H6F3NO2/c10-9(11,12)6-5-7-1-3-8(4-2-7)13(14)15/h1-6H. The molecule has 0 bridgehead atoms. The van der Waals surface area contributed by atoms with E-state index in [-0.39, 0.29) is 17.3 Å². The highest BCUT2D eigenvalue weighted by Crippen LogP contribution is 2.19. The smallest absolute Gasteiger partial charge is 0.258 e. The van der Waals surface area contributed by atoms with Gasteiger partial charge in [0.1, 0.15) is 0 Å². The van der Waals surface area contributed by atoms with Crippen molar-refractivity contribution < 1.29 is 18.1 Å². The van der Waals surface area contributed by atoms with Crippen molar-refractivity contribution in [2.24, 2.45) is 0 Å². The Balaban J connectivity index is 2.82. The van der Waals surface area contributed by atoms with Crippen LogP contribution < -0.4 is 0 Å². The highest BCUT2D eigenvalue weighted by Gasteiger charge is 2.21. The van der Waals surface area contributed by atoms with Crippen LogP contribution in [-0.2, 0) is 0 Å². The first-order chi connectivity index (χ1) is 6.88. The van der Waals surface area contributed by atoms with E-state index in [1.54, 1.807) is 0 Å². The number of allylic oxidation sites excluding steroid dienone is 1. The molecule has 0 aliphatic carbocycles. The first-order valence-corrected chi connectivity index (χ1v) is 3.89. The molecule has 1 aromatic rings. The molecule has 0 aromatic heterocycles. The third-order valence-corrected chi connectivity index (χ3v) is 1.57. The molecule has 3 nitrogen and oxygen atoms in total. The lowest BCUT2D eigenvalue weighted by molar-refractivity contribution is -0.384. The molecule has 0 aliphatic heterocycles. The van der Waals surface area contributed by atoms with Crippen LogP contribution in [0.15, 0.2) is 30.3 Å². The Hall–Kier alpha value is -1.85. The van der Waals surface area contributed by atoms with Crippen molar-refractivity contribution in [2.45, 2.75) is 6.18 Å². The lowest BCUT2D eigenvalue weighted by Crippen LogP contribution is -2.00. The van der Waals surface area contributed by atoms with Crippen molar-refractivity contribution in [2.75, 3.05) is 0 Å². The van der Waals surface area contributed by atoms with E-state index in [9.17, 15) is 23.3 Å². The second kappa shape index (κ2) is 4.12. The van der Waals surface area contributed by atoms with Gasteiger partial charge in [0, 0.05) is 18.2 Å². The third kappa shape index (κ3) is 3.80. The van der Waals surface area contributed by atoms with Gasteiger partial charge in [0.25, 0.3) is 5.69 Å². The molecular formula is C9H6F3NO2. The van der Waals surface area contributed by atoms with Gasteiger partial charge in [-0.05, 0) is 17.7 Å². The van der Waals surface area contributed by atoms with Crippen molar-refractivity contribution in [1.82, 2.24) is 0 Å². The van der Waals surface area contributed by atoms with E-state index in [0.29, 0.717) is 0 Å². The Labute approximate surface area is 83.0 Å². The number of nitro groups is 1. The number of non-ortho nitro benzene ring substituents is 1. The normalized spacial score (nSPS) is 11.9. The van der Waals surface area contributed by atoms with Gasteiger partial charge in [0.15, 0.2) is 0 Å². The van der Waals surface area contributed by atoms with Crippen molar-refractivity contribution >= 4 is 11.8 Å². The van der Waals surface area contributed by atoms with Crippen molar-refractivity contribution in [3.8, 4) is 0 Å². The largest absolute Gasteiger partial charge is 0.409 e. The molecule has 0 amide bonds. The number of alkyl halides is 3. The average Bonchev–Trinajstić information content (AvgIpc) is 2.14. The SMILES string of the molecule is O=[N+]([O-])c1ccc(C=CC(F)(F)F)cc1. The summed E-state index contributed by atoms with van der Waals surface area (Å²) < 4.78 is 35.3. The topological polar surface area (TPSA) is 43.1 Å². The maximum atomic E-state index is 11.8. The van der Waals surface area contributed by atoms with Gasteiger partial charge in [-0.3, -0.25) is 10.1 Å². The quantitative estimate of drug-likeness (QED) is 0.564. The zero-order chi connectivity index (χ0) is 11.5. The Kier molecular flexibility index (Phi) is 3.08. The zero-order valence-electron chi connectivity index (χ0n) is 7.36. The Morgan fingerprint density at radius 2 is 1.73 bits per heavy atom. The molecule has 0 heterocycles. The summed E-state index contributed by atoms with van der Waals surface area (Å²) >= 11 is 0. The molecule has 1 rings (SSSR count). The molecular weight excluding hydrogens is 211 g/mol. The van der Waals surface area contributed by atoms with Gasteiger partial charge < -0.3 is 0 Å². The molecule has 0 N–H and O–H groups in total. The third-order valence-electron chi connectivity index (χ3n) is 1.57. The lowest BCUT2D eigenvalue weighted by Gasteiger charge is -1.97. The molecule has 1 aromatic carbocycles. The van der Waals surface area contributed by atoms with Crippen LogP contribution in [0.2, 0.25) is 0 Å². The summed E-state index contributed by atoms with van der Waals surface area (Å²) in [4.78, 5) is 9.62. The van der Waals surface area contributed by atoms with Gasteiger partial charge in [0.2, 0.25) is 0 Å². The number of halogens is 3. The second-order valence-electron chi connectivity index (χ2n) is 2.72. The first kappa shape index (κ1) is 11.2.